The molecule has 1 nitrogen and oxygen atoms in total. The number of hydrogen-bond donors (Lipinski definition) is 0. The molecule has 0 aliphatic carbocycles. The number of halogens is 1. The Bertz CT molecular complexity index is 547. The molecule has 2 aromatic rings. The molecule has 18 heavy (non-hydrogen) atoms. The molecule has 0 amide bonds. The van der Waals surface area contributed by atoms with Crippen LogP contribution in [-0.4, -0.2) is 7.11 Å². The lowest BCUT2D eigenvalue weighted by molar-refractivity contribution is 0.415. The van der Waals surface area contributed by atoms with Gasteiger partial charge >= 0.3 is 0 Å². The molecule has 0 fully saturated rings. The second-order valence-corrected chi connectivity index (χ2v) is 4.59. The van der Waals surface area contributed by atoms with Crippen LogP contribution in [0.4, 0.5) is 4.39 Å². The molecule has 2 aromatic carbocycles. The number of benzene rings is 2. The lowest BCUT2D eigenvalue weighted by Gasteiger charge is -2.14. The zero-order valence-electron chi connectivity index (χ0n) is 10.9. The van der Waals surface area contributed by atoms with Gasteiger partial charge in [-0.15, -0.1) is 0 Å². The third-order valence-electron chi connectivity index (χ3n) is 3.01. The molecule has 2 rings (SSSR count). The standard InChI is InChI=1S/C16H17FO/c1-11(2)16-14(8-5-9-15(16)17)12-6-4-7-13(10-12)18-3/h4-11H,1-3H3. The quantitative estimate of drug-likeness (QED) is 0.765. The molecule has 0 aromatic heterocycles. The maximum absolute atomic E-state index is 13.9. The normalized spacial score (nSPS) is 10.7. The Balaban J connectivity index is 2.59. The van der Waals surface area contributed by atoms with Gasteiger partial charge in [-0.25, -0.2) is 4.39 Å². The first-order valence-corrected chi connectivity index (χ1v) is 6.06. The minimum Gasteiger partial charge on any atom is -0.497 e. The Labute approximate surface area is 107 Å². The van der Waals surface area contributed by atoms with Crippen molar-refractivity contribution >= 4 is 0 Å². The van der Waals surface area contributed by atoms with E-state index >= 15 is 0 Å². The predicted molar refractivity (Wildman–Crippen MR) is 72.5 cm³/mol. The largest absolute Gasteiger partial charge is 0.497 e. The molecule has 0 bridgehead atoms. The summed E-state index contributed by atoms with van der Waals surface area (Å²) in [6.07, 6.45) is 0. The molecule has 0 spiro atoms. The van der Waals surface area contributed by atoms with Crippen molar-refractivity contribution in [3.05, 3.63) is 53.8 Å². The van der Waals surface area contributed by atoms with E-state index in [0.717, 1.165) is 22.4 Å². The van der Waals surface area contributed by atoms with Crippen LogP contribution in [0, 0.1) is 5.82 Å². The molecule has 0 N–H and O–H groups in total. The van der Waals surface area contributed by atoms with E-state index in [9.17, 15) is 4.39 Å². The van der Waals surface area contributed by atoms with E-state index < -0.39 is 0 Å². The van der Waals surface area contributed by atoms with Crippen molar-refractivity contribution in [2.75, 3.05) is 7.11 Å². The molecule has 0 radical (unpaired) electrons. The first-order valence-electron chi connectivity index (χ1n) is 6.06. The maximum atomic E-state index is 13.9. The lowest BCUT2D eigenvalue weighted by atomic mass is 9.92. The molecule has 94 valence electrons. The summed E-state index contributed by atoms with van der Waals surface area (Å²) in [4.78, 5) is 0. The fourth-order valence-corrected chi connectivity index (χ4v) is 2.17. The van der Waals surface area contributed by atoms with Gasteiger partial charge in [0.15, 0.2) is 0 Å². The van der Waals surface area contributed by atoms with Crippen molar-refractivity contribution in [1.29, 1.82) is 0 Å². The average Bonchev–Trinajstić information content (AvgIpc) is 2.38. The van der Waals surface area contributed by atoms with Crippen LogP contribution in [0.5, 0.6) is 5.75 Å². The van der Waals surface area contributed by atoms with Crippen LogP contribution in [-0.2, 0) is 0 Å². The highest BCUT2D eigenvalue weighted by Crippen LogP contribution is 2.32. The lowest BCUT2D eigenvalue weighted by Crippen LogP contribution is -1.97. The summed E-state index contributed by atoms with van der Waals surface area (Å²) < 4.78 is 19.2. The Kier molecular flexibility index (Phi) is 3.66. The summed E-state index contributed by atoms with van der Waals surface area (Å²) >= 11 is 0. The number of methoxy groups -OCH3 is 1. The van der Waals surface area contributed by atoms with Gasteiger partial charge in [0.1, 0.15) is 11.6 Å². The summed E-state index contributed by atoms with van der Waals surface area (Å²) in [6, 6.07) is 12.9. The van der Waals surface area contributed by atoms with E-state index in [0.29, 0.717) is 0 Å². The zero-order chi connectivity index (χ0) is 13.1. The van der Waals surface area contributed by atoms with Gasteiger partial charge in [-0.1, -0.05) is 38.1 Å². The molecular formula is C16H17FO. The molecular weight excluding hydrogens is 227 g/mol. The van der Waals surface area contributed by atoms with Crippen molar-refractivity contribution in [3.8, 4) is 16.9 Å². The fourth-order valence-electron chi connectivity index (χ4n) is 2.17. The Morgan fingerprint density at radius 1 is 1.06 bits per heavy atom. The first-order chi connectivity index (χ1) is 8.63. The summed E-state index contributed by atoms with van der Waals surface area (Å²) in [7, 11) is 1.63. The molecule has 0 atom stereocenters. The van der Waals surface area contributed by atoms with E-state index in [1.807, 2.05) is 44.2 Å². The molecule has 0 aliphatic rings. The maximum Gasteiger partial charge on any atom is 0.127 e. The van der Waals surface area contributed by atoms with E-state index in [4.69, 9.17) is 4.74 Å². The van der Waals surface area contributed by atoms with Crippen LogP contribution >= 0.6 is 0 Å². The monoisotopic (exact) mass is 244 g/mol. The van der Waals surface area contributed by atoms with Gasteiger partial charge in [0.2, 0.25) is 0 Å². The smallest absolute Gasteiger partial charge is 0.127 e. The number of ether oxygens (including phenoxy) is 1. The van der Waals surface area contributed by atoms with E-state index in [1.165, 1.54) is 6.07 Å². The summed E-state index contributed by atoms with van der Waals surface area (Å²) in [5, 5.41) is 0. The van der Waals surface area contributed by atoms with Crippen LogP contribution < -0.4 is 4.74 Å². The minimum absolute atomic E-state index is 0.146. The third-order valence-corrected chi connectivity index (χ3v) is 3.01. The highest BCUT2D eigenvalue weighted by Gasteiger charge is 2.13. The number of hydrogen-bond acceptors (Lipinski definition) is 1. The minimum atomic E-state index is -0.148. The van der Waals surface area contributed by atoms with Gasteiger partial charge in [0, 0.05) is 0 Å². The van der Waals surface area contributed by atoms with Crippen LogP contribution in [0.25, 0.3) is 11.1 Å². The van der Waals surface area contributed by atoms with Crippen molar-refractivity contribution in [2.45, 2.75) is 19.8 Å². The molecule has 2 heteroatoms. The predicted octanol–water partition coefficient (Wildman–Crippen LogP) is 4.62. The Morgan fingerprint density at radius 2 is 1.78 bits per heavy atom. The van der Waals surface area contributed by atoms with Crippen LogP contribution in [0.3, 0.4) is 0 Å². The van der Waals surface area contributed by atoms with Gasteiger partial charge in [-0.05, 0) is 40.8 Å². The molecule has 0 saturated carbocycles. The summed E-state index contributed by atoms with van der Waals surface area (Å²) in [5.41, 5.74) is 2.67. The van der Waals surface area contributed by atoms with Crippen LogP contribution in [0.1, 0.15) is 25.3 Å². The first kappa shape index (κ1) is 12.6. The van der Waals surface area contributed by atoms with Crippen LogP contribution in [0.2, 0.25) is 0 Å². The highest BCUT2D eigenvalue weighted by molar-refractivity contribution is 5.69. The topological polar surface area (TPSA) is 9.23 Å². The second kappa shape index (κ2) is 5.21. The molecule has 0 heterocycles. The highest BCUT2D eigenvalue weighted by atomic mass is 19.1. The zero-order valence-corrected chi connectivity index (χ0v) is 10.9. The average molecular weight is 244 g/mol. The van der Waals surface area contributed by atoms with Crippen molar-refractivity contribution < 1.29 is 9.13 Å². The van der Waals surface area contributed by atoms with Gasteiger partial charge < -0.3 is 4.74 Å². The van der Waals surface area contributed by atoms with Crippen LogP contribution in [0.15, 0.2) is 42.5 Å². The molecule has 0 saturated heterocycles. The third kappa shape index (κ3) is 2.37. The molecule has 0 aliphatic heterocycles. The van der Waals surface area contributed by atoms with Gasteiger partial charge in [0.05, 0.1) is 7.11 Å². The summed E-state index contributed by atoms with van der Waals surface area (Å²) in [5.74, 6) is 0.782. The van der Waals surface area contributed by atoms with Crippen molar-refractivity contribution in [3.63, 3.8) is 0 Å². The van der Waals surface area contributed by atoms with Gasteiger partial charge in [-0.2, -0.15) is 0 Å². The fraction of sp³-hybridized carbons (Fsp3) is 0.250. The van der Waals surface area contributed by atoms with E-state index in [2.05, 4.69) is 0 Å². The Morgan fingerprint density at radius 3 is 2.44 bits per heavy atom. The van der Waals surface area contributed by atoms with Gasteiger partial charge in [0.25, 0.3) is 0 Å². The van der Waals surface area contributed by atoms with E-state index in [1.54, 1.807) is 13.2 Å². The SMILES string of the molecule is COc1cccc(-c2cccc(F)c2C(C)C)c1. The molecule has 0 unspecified atom stereocenters. The van der Waals surface area contributed by atoms with Crippen molar-refractivity contribution in [1.82, 2.24) is 0 Å². The van der Waals surface area contributed by atoms with E-state index in [-0.39, 0.29) is 11.7 Å². The Hall–Kier alpha value is -1.83. The van der Waals surface area contributed by atoms with Crippen molar-refractivity contribution in [2.24, 2.45) is 0 Å². The second-order valence-electron chi connectivity index (χ2n) is 4.59. The number of rotatable bonds is 3. The summed E-state index contributed by atoms with van der Waals surface area (Å²) in [6.45, 7) is 4.00. The van der Waals surface area contributed by atoms with Gasteiger partial charge in [-0.3, -0.25) is 0 Å².